The van der Waals surface area contributed by atoms with Gasteiger partial charge >= 0.3 is 0 Å². The van der Waals surface area contributed by atoms with E-state index in [4.69, 9.17) is 0 Å². The van der Waals surface area contributed by atoms with E-state index in [1.165, 1.54) is 29.2 Å². The summed E-state index contributed by atoms with van der Waals surface area (Å²) in [6, 6.07) is 21.5. The number of imidazole rings is 1. The predicted molar refractivity (Wildman–Crippen MR) is 110 cm³/mol. The van der Waals surface area contributed by atoms with Crippen molar-refractivity contribution in [1.29, 1.82) is 0 Å². The molecule has 4 rings (SSSR count). The fourth-order valence-electron chi connectivity index (χ4n) is 3.09. The Balaban J connectivity index is 1.67. The number of aromatic nitrogens is 2. The molecule has 4 aromatic rings. The van der Waals surface area contributed by atoms with Gasteiger partial charge in [-0.25, -0.2) is 4.98 Å². The molecule has 0 aliphatic heterocycles. The van der Waals surface area contributed by atoms with E-state index in [0.29, 0.717) is 11.4 Å². The van der Waals surface area contributed by atoms with Crippen LogP contribution < -0.4 is 5.32 Å². The molecule has 0 fully saturated rings. The number of nitro benzene ring substituents is 1. The third kappa shape index (κ3) is 3.74. The van der Waals surface area contributed by atoms with Crippen LogP contribution in [0.25, 0.3) is 16.8 Å². The molecule has 0 saturated carbocycles. The van der Waals surface area contributed by atoms with E-state index in [1.807, 2.05) is 48.5 Å². The summed E-state index contributed by atoms with van der Waals surface area (Å²) in [5.74, 6) is -0.423. The first kappa shape index (κ1) is 18.1. The molecule has 1 amide bonds. The summed E-state index contributed by atoms with van der Waals surface area (Å²) >= 11 is 0. The normalized spacial score (nSPS) is 10.5. The molecular weight excluding hydrogens is 368 g/mol. The van der Waals surface area contributed by atoms with Gasteiger partial charge in [-0.2, -0.15) is 0 Å². The van der Waals surface area contributed by atoms with Gasteiger partial charge in [-0.15, -0.1) is 0 Å². The van der Waals surface area contributed by atoms with Crippen LogP contribution in [0.5, 0.6) is 0 Å². The minimum atomic E-state index is -0.510. The van der Waals surface area contributed by atoms with Crippen LogP contribution in [0.15, 0.2) is 91.5 Å². The highest BCUT2D eigenvalue weighted by Gasteiger charge is 2.19. The van der Waals surface area contributed by atoms with Crippen molar-refractivity contribution in [2.24, 2.45) is 0 Å². The molecule has 0 atom stereocenters. The first-order valence-corrected chi connectivity index (χ1v) is 8.86. The van der Waals surface area contributed by atoms with Gasteiger partial charge in [0.25, 0.3) is 11.6 Å². The Labute approximate surface area is 166 Å². The molecule has 1 heterocycles. The highest BCUT2D eigenvalue weighted by atomic mass is 16.6. The molecule has 142 valence electrons. The standard InChI is InChI=1S/C22H16N4O3/c27-22(24-19-9-5-4-8-18(19)16-6-2-1-3-7-16)17-10-11-20(21(14-17)26(28)29)25-13-12-23-15-25/h1-15H,(H,24,27). The third-order valence-corrected chi connectivity index (χ3v) is 4.48. The van der Waals surface area contributed by atoms with Crippen LogP contribution in [-0.2, 0) is 0 Å². The Morgan fingerprint density at radius 3 is 2.48 bits per heavy atom. The number of carbonyl (C=O) groups is 1. The van der Waals surface area contributed by atoms with Crippen LogP contribution in [0.4, 0.5) is 11.4 Å². The van der Waals surface area contributed by atoms with Crippen LogP contribution in [0.1, 0.15) is 10.4 Å². The molecule has 0 aliphatic carbocycles. The van der Waals surface area contributed by atoms with Gasteiger partial charge in [-0.05, 0) is 23.8 Å². The van der Waals surface area contributed by atoms with Crippen molar-refractivity contribution in [3.05, 3.63) is 107 Å². The van der Waals surface area contributed by atoms with Crippen molar-refractivity contribution in [2.45, 2.75) is 0 Å². The lowest BCUT2D eigenvalue weighted by Gasteiger charge is -2.12. The highest BCUT2D eigenvalue weighted by molar-refractivity contribution is 6.06. The van der Waals surface area contributed by atoms with Gasteiger partial charge in [0.1, 0.15) is 5.69 Å². The van der Waals surface area contributed by atoms with Crippen LogP contribution in [0.2, 0.25) is 0 Å². The monoisotopic (exact) mass is 384 g/mol. The van der Waals surface area contributed by atoms with E-state index >= 15 is 0 Å². The van der Waals surface area contributed by atoms with Crippen molar-refractivity contribution in [3.63, 3.8) is 0 Å². The summed E-state index contributed by atoms with van der Waals surface area (Å²) in [7, 11) is 0. The molecule has 3 aromatic carbocycles. The van der Waals surface area contributed by atoms with E-state index in [0.717, 1.165) is 11.1 Å². The molecule has 0 spiro atoms. The number of carbonyl (C=O) groups excluding carboxylic acids is 1. The molecule has 29 heavy (non-hydrogen) atoms. The molecular formula is C22H16N4O3. The van der Waals surface area contributed by atoms with Gasteiger partial charge in [0.05, 0.1) is 11.3 Å². The third-order valence-electron chi connectivity index (χ3n) is 4.48. The lowest BCUT2D eigenvalue weighted by Crippen LogP contribution is -2.13. The fourth-order valence-corrected chi connectivity index (χ4v) is 3.09. The quantitative estimate of drug-likeness (QED) is 0.399. The molecule has 0 unspecified atom stereocenters. The van der Waals surface area contributed by atoms with Crippen molar-refractivity contribution in [1.82, 2.24) is 9.55 Å². The predicted octanol–water partition coefficient (Wildman–Crippen LogP) is 4.70. The number of hydrogen-bond acceptors (Lipinski definition) is 4. The molecule has 7 nitrogen and oxygen atoms in total. The average Bonchev–Trinajstić information content (AvgIpc) is 3.29. The topological polar surface area (TPSA) is 90.1 Å². The van der Waals surface area contributed by atoms with Gasteiger partial charge in [-0.3, -0.25) is 14.9 Å². The zero-order valence-corrected chi connectivity index (χ0v) is 15.2. The van der Waals surface area contributed by atoms with E-state index in [-0.39, 0.29) is 11.3 Å². The summed E-state index contributed by atoms with van der Waals surface area (Å²) in [6.45, 7) is 0. The lowest BCUT2D eigenvalue weighted by molar-refractivity contribution is -0.384. The number of nitro groups is 1. The van der Waals surface area contributed by atoms with E-state index in [1.54, 1.807) is 18.3 Å². The number of rotatable bonds is 5. The maximum atomic E-state index is 12.8. The van der Waals surface area contributed by atoms with E-state index in [9.17, 15) is 14.9 Å². The fraction of sp³-hybridized carbons (Fsp3) is 0. The van der Waals surface area contributed by atoms with Crippen molar-refractivity contribution in [3.8, 4) is 16.8 Å². The number of amides is 1. The van der Waals surface area contributed by atoms with E-state index in [2.05, 4.69) is 10.3 Å². The van der Waals surface area contributed by atoms with Crippen LogP contribution in [0, 0.1) is 10.1 Å². The van der Waals surface area contributed by atoms with Crippen LogP contribution in [-0.4, -0.2) is 20.4 Å². The molecule has 0 aliphatic rings. The smallest absolute Gasteiger partial charge is 0.294 e. The van der Waals surface area contributed by atoms with Gasteiger partial charge in [-0.1, -0.05) is 48.5 Å². The van der Waals surface area contributed by atoms with Gasteiger partial charge < -0.3 is 9.88 Å². The van der Waals surface area contributed by atoms with Gasteiger partial charge in [0, 0.05) is 35.3 Å². The number of nitrogens with one attached hydrogen (secondary N) is 1. The van der Waals surface area contributed by atoms with Gasteiger partial charge in [0.15, 0.2) is 0 Å². The molecule has 7 heteroatoms. The molecule has 1 aromatic heterocycles. The average molecular weight is 384 g/mol. The second-order valence-corrected chi connectivity index (χ2v) is 6.30. The minimum Gasteiger partial charge on any atom is -0.321 e. The Hall–Kier alpha value is -4.26. The van der Waals surface area contributed by atoms with Crippen LogP contribution >= 0.6 is 0 Å². The lowest BCUT2D eigenvalue weighted by atomic mass is 10.0. The summed E-state index contributed by atoms with van der Waals surface area (Å²) < 4.78 is 1.53. The zero-order valence-electron chi connectivity index (χ0n) is 15.2. The number of para-hydroxylation sites is 1. The SMILES string of the molecule is O=C(Nc1ccccc1-c1ccccc1)c1ccc(-n2ccnc2)c([N+](=O)[O-])c1. The van der Waals surface area contributed by atoms with Crippen LogP contribution in [0.3, 0.4) is 0 Å². The first-order chi connectivity index (χ1) is 14.1. The molecule has 0 radical (unpaired) electrons. The number of benzene rings is 3. The number of hydrogen-bond donors (Lipinski definition) is 1. The highest BCUT2D eigenvalue weighted by Crippen LogP contribution is 2.29. The summed E-state index contributed by atoms with van der Waals surface area (Å²) in [5.41, 5.74) is 2.82. The second kappa shape index (κ2) is 7.77. The van der Waals surface area contributed by atoms with Crippen molar-refractivity contribution < 1.29 is 9.72 Å². The second-order valence-electron chi connectivity index (χ2n) is 6.30. The molecule has 0 saturated heterocycles. The Morgan fingerprint density at radius 1 is 1.00 bits per heavy atom. The zero-order chi connectivity index (χ0) is 20.2. The van der Waals surface area contributed by atoms with Crippen molar-refractivity contribution in [2.75, 3.05) is 5.32 Å². The summed E-state index contributed by atoms with van der Waals surface area (Å²) in [4.78, 5) is 27.7. The summed E-state index contributed by atoms with van der Waals surface area (Å²) in [5, 5.41) is 14.4. The first-order valence-electron chi connectivity index (χ1n) is 8.86. The maximum absolute atomic E-state index is 12.8. The Bertz CT molecular complexity index is 1170. The van der Waals surface area contributed by atoms with Gasteiger partial charge in [0.2, 0.25) is 0 Å². The Morgan fingerprint density at radius 2 is 1.76 bits per heavy atom. The summed E-state index contributed by atoms with van der Waals surface area (Å²) in [6.07, 6.45) is 4.61. The largest absolute Gasteiger partial charge is 0.321 e. The maximum Gasteiger partial charge on any atom is 0.294 e. The Kier molecular flexibility index (Phi) is 4.86. The minimum absolute atomic E-state index is 0.174. The van der Waals surface area contributed by atoms with Crippen molar-refractivity contribution >= 4 is 17.3 Å². The number of anilines is 1. The molecule has 1 N–H and O–H groups in total. The number of nitrogens with zero attached hydrogens (tertiary/aromatic N) is 3. The van der Waals surface area contributed by atoms with E-state index < -0.39 is 10.8 Å². The molecule has 0 bridgehead atoms.